The summed E-state index contributed by atoms with van der Waals surface area (Å²) < 4.78 is 22.7. The SMILES string of the molecule is COc1cc(C(=O)NC23CC(OC)(C2)C3)c(NC(=O)c2c(OC)ccc3nc(N4C5COCC4C5)sc23)cn1. The molecule has 3 saturated carbocycles. The smallest absolute Gasteiger partial charge is 0.261 e. The van der Waals surface area contributed by atoms with Gasteiger partial charge in [0.25, 0.3) is 11.8 Å². The summed E-state index contributed by atoms with van der Waals surface area (Å²) in [5.41, 5.74) is 1.27. The van der Waals surface area contributed by atoms with Crippen LogP contribution in [0.1, 0.15) is 46.4 Å². The van der Waals surface area contributed by atoms with Gasteiger partial charge in [-0.3, -0.25) is 9.59 Å². The van der Waals surface area contributed by atoms with Gasteiger partial charge in [0.05, 0.1) is 72.8 Å². The Balaban J connectivity index is 1.19. The molecule has 4 bridgehead atoms. The van der Waals surface area contributed by atoms with E-state index in [-0.39, 0.29) is 34.2 Å². The molecule has 2 unspecified atom stereocenters. The number of methoxy groups -OCH3 is 3. The molecule has 4 heterocycles. The number of fused-ring (bicyclic) bond motifs is 3. The van der Waals surface area contributed by atoms with Crippen LogP contribution in [0.3, 0.4) is 0 Å². The van der Waals surface area contributed by atoms with Crippen molar-refractivity contribution in [2.45, 2.75) is 48.9 Å². The van der Waals surface area contributed by atoms with Crippen molar-refractivity contribution in [3.05, 3.63) is 35.5 Å². The van der Waals surface area contributed by atoms with Gasteiger partial charge < -0.3 is 34.5 Å². The number of nitrogens with zero attached hydrogens (tertiary/aromatic N) is 3. The lowest BCUT2D eigenvalue weighted by Gasteiger charge is -2.69. The zero-order valence-electron chi connectivity index (χ0n) is 21.9. The highest BCUT2D eigenvalue weighted by atomic mass is 32.1. The number of rotatable bonds is 8. The number of aromatic nitrogens is 2. The van der Waals surface area contributed by atoms with Gasteiger partial charge in [0, 0.05) is 18.7 Å². The molecule has 2 aromatic heterocycles. The number of benzene rings is 1. The van der Waals surface area contributed by atoms with Crippen LogP contribution in [0.4, 0.5) is 10.8 Å². The number of hydrogen-bond donors (Lipinski definition) is 2. The highest BCUT2D eigenvalue weighted by Crippen LogP contribution is 2.62. The lowest BCUT2D eigenvalue weighted by molar-refractivity contribution is -0.233. The summed E-state index contributed by atoms with van der Waals surface area (Å²) >= 11 is 1.47. The summed E-state index contributed by atoms with van der Waals surface area (Å²) in [4.78, 5) is 38.5. The first kappa shape index (κ1) is 24.6. The number of anilines is 2. The molecule has 39 heavy (non-hydrogen) atoms. The van der Waals surface area contributed by atoms with Crippen LogP contribution < -0.4 is 25.0 Å². The molecule has 12 heteroatoms. The topological polar surface area (TPSA) is 124 Å². The monoisotopic (exact) mass is 551 g/mol. The fourth-order valence-electron chi connectivity index (χ4n) is 6.48. The van der Waals surface area contributed by atoms with Crippen LogP contribution >= 0.6 is 11.3 Å². The Morgan fingerprint density at radius 3 is 2.54 bits per heavy atom. The number of thiazole rings is 1. The van der Waals surface area contributed by atoms with E-state index in [0.29, 0.717) is 42.1 Å². The van der Waals surface area contributed by atoms with E-state index in [1.54, 1.807) is 13.2 Å². The molecule has 0 spiro atoms. The molecular formula is C27H29N5O6S. The van der Waals surface area contributed by atoms with Crippen LogP contribution in [0.2, 0.25) is 0 Å². The van der Waals surface area contributed by atoms with Crippen molar-refractivity contribution in [3.63, 3.8) is 0 Å². The molecule has 5 fully saturated rings. The molecule has 3 aliphatic carbocycles. The quantitative estimate of drug-likeness (QED) is 0.435. The molecule has 2 amide bonds. The van der Waals surface area contributed by atoms with Crippen molar-refractivity contribution in [1.29, 1.82) is 0 Å². The van der Waals surface area contributed by atoms with E-state index in [1.165, 1.54) is 37.8 Å². The van der Waals surface area contributed by atoms with Crippen LogP contribution in [0.15, 0.2) is 24.4 Å². The fourth-order valence-corrected chi connectivity index (χ4v) is 7.72. The van der Waals surface area contributed by atoms with E-state index in [4.69, 9.17) is 23.9 Å². The van der Waals surface area contributed by atoms with Crippen molar-refractivity contribution in [1.82, 2.24) is 15.3 Å². The second-order valence-electron chi connectivity index (χ2n) is 10.9. The van der Waals surface area contributed by atoms with Gasteiger partial charge >= 0.3 is 0 Å². The van der Waals surface area contributed by atoms with E-state index < -0.39 is 5.91 Å². The minimum absolute atomic E-state index is 0.106. The number of morpholine rings is 1. The van der Waals surface area contributed by atoms with E-state index in [1.807, 2.05) is 6.07 Å². The molecule has 5 aliphatic rings. The van der Waals surface area contributed by atoms with Crippen molar-refractivity contribution >= 4 is 44.2 Å². The van der Waals surface area contributed by atoms with Crippen LogP contribution in [-0.4, -0.2) is 79.5 Å². The molecule has 2 atom stereocenters. The zero-order valence-corrected chi connectivity index (χ0v) is 22.7. The Hall–Kier alpha value is -3.48. The lowest BCUT2D eigenvalue weighted by Crippen LogP contribution is -2.79. The summed E-state index contributed by atoms with van der Waals surface area (Å²) in [7, 11) is 4.72. The van der Waals surface area contributed by atoms with Crippen LogP contribution in [0.25, 0.3) is 10.2 Å². The summed E-state index contributed by atoms with van der Waals surface area (Å²) in [6.45, 7) is 1.37. The third kappa shape index (κ3) is 3.76. The molecule has 2 aliphatic heterocycles. The predicted molar refractivity (Wildman–Crippen MR) is 144 cm³/mol. The van der Waals surface area contributed by atoms with Crippen LogP contribution in [-0.2, 0) is 9.47 Å². The highest BCUT2D eigenvalue weighted by molar-refractivity contribution is 7.22. The predicted octanol–water partition coefficient (Wildman–Crippen LogP) is 2.99. The molecule has 1 aromatic carbocycles. The maximum absolute atomic E-state index is 13.8. The van der Waals surface area contributed by atoms with E-state index in [0.717, 1.165) is 35.5 Å². The number of amides is 2. The maximum atomic E-state index is 13.8. The first-order valence-corrected chi connectivity index (χ1v) is 13.7. The normalized spacial score (nSPS) is 28.1. The van der Waals surface area contributed by atoms with E-state index in [2.05, 4.69) is 20.5 Å². The average Bonchev–Trinajstić information content (AvgIpc) is 3.32. The molecular weight excluding hydrogens is 522 g/mol. The second-order valence-corrected chi connectivity index (χ2v) is 11.8. The minimum atomic E-state index is -0.412. The summed E-state index contributed by atoms with van der Waals surface area (Å²) in [5, 5.41) is 6.92. The van der Waals surface area contributed by atoms with Crippen LogP contribution in [0.5, 0.6) is 11.6 Å². The van der Waals surface area contributed by atoms with Crippen molar-refractivity contribution in [2.75, 3.05) is 44.8 Å². The third-order valence-electron chi connectivity index (χ3n) is 8.50. The van der Waals surface area contributed by atoms with Crippen molar-refractivity contribution in [2.24, 2.45) is 0 Å². The van der Waals surface area contributed by atoms with Gasteiger partial charge in [-0.25, -0.2) is 9.97 Å². The highest BCUT2D eigenvalue weighted by Gasteiger charge is 2.69. The van der Waals surface area contributed by atoms with Gasteiger partial charge in [-0.05, 0) is 37.8 Å². The molecule has 11 nitrogen and oxygen atoms in total. The standard InChI is InChI=1S/C27H29N5O6S/c1-35-19-5-4-17-22(39-25(30-17)32-14-6-15(32)10-38-9-14)21(19)24(34)29-18-8-28-20(36-2)7-16(18)23(33)31-26-11-27(12-26,13-26)37-3/h4-5,7-8,14-15H,6,9-13H2,1-3H3,(H,29,34)(H,31,33). The number of carbonyl (C=O) groups is 2. The Labute approximate surface area is 228 Å². The first-order valence-electron chi connectivity index (χ1n) is 12.9. The van der Waals surface area contributed by atoms with Gasteiger partial charge in [-0.2, -0.15) is 0 Å². The zero-order chi connectivity index (χ0) is 26.9. The van der Waals surface area contributed by atoms with Crippen molar-refractivity contribution < 1.29 is 28.5 Å². The van der Waals surface area contributed by atoms with Crippen molar-refractivity contribution in [3.8, 4) is 11.6 Å². The van der Waals surface area contributed by atoms with Gasteiger partial charge in [0.2, 0.25) is 5.88 Å². The number of ether oxygens (including phenoxy) is 4. The van der Waals surface area contributed by atoms with Gasteiger partial charge in [0.15, 0.2) is 5.13 Å². The van der Waals surface area contributed by atoms with E-state index >= 15 is 0 Å². The summed E-state index contributed by atoms with van der Waals surface area (Å²) in [6.07, 6.45) is 4.88. The third-order valence-corrected chi connectivity index (χ3v) is 9.60. The van der Waals surface area contributed by atoms with Crippen LogP contribution in [0, 0.1) is 0 Å². The molecule has 8 rings (SSSR count). The van der Waals surface area contributed by atoms with E-state index in [9.17, 15) is 9.59 Å². The maximum Gasteiger partial charge on any atom is 0.261 e. The van der Waals surface area contributed by atoms with Gasteiger partial charge in [-0.1, -0.05) is 11.3 Å². The number of nitrogens with one attached hydrogen (secondary N) is 2. The molecule has 204 valence electrons. The number of pyridine rings is 1. The second kappa shape index (κ2) is 8.77. The Bertz CT molecular complexity index is 1470. The Kier molecular flexibility index (Phi) is 5.52. The lowest BCUT2D eigenvalue weighted by atomic mass is 9.46. The molecule has 0 radical (unpaired) electrons. The minimum Gasteiger partial charge on any atom is -0.496 e. The van der Waals surface area contributed by atoms with Gasteiger partial charge in [0.1, 0.15) is 11.3 Å². The first-order chi connectivity index (χ1) is 18.9. The molecule has 2 N–H and O–H groups in total. The largest absolute Gasteiger partial charge is 0.496 e. The fraction of sp³-hybridized carbons (Fsp3) is 0.481. The number of hydrogen-bond acceptors (Lipinski definition) is 10. The van der Waals surface area contributed by atoms with Gasteiger partial charge in [-0.15, -0.1) is 0 Å². The summed E-state index contributed by atoms with van der Waals surface area (Å²) in [5.74, 6) is -0.00893. The Morgan fingerprint density at radius 2 is 1.87 bits per heavy atom. The Morgan fingerprint density at radius 1 is 1.10 bits per heavy atom. The molecule has 3 aromatic rings. The number of carbonyl (C=O) groups excluding carboxylic acids is 2. The summed E-state index contributed by atoms with van der Waals surface area (Å²) in [6, 6.07) is 5.77. The molecule has 2 saturated heterocycles. The average molecular weight is 552 g/mol.